The maximum atomic E-state index is 12.6. The average Bonchev–Trinajstić information content (AvgIpc) is 3.31. The molecule has 6 nitrogen and oxygen atoms in total. The molecule has 0 unspecified atom stereocenters. The van der Waals surface area contributed by atoms with Gasteiger partial charge in [-0.15, -0.1) is 0 Å². The molecule has 2 amide bonds. The van der Waals surface area contributed by atoms with Gasteiger partial charge in [0, 0.05) is 19.5 Å². The van der Waals surface area contributed by atoms with Gasteiger partial charge in [-0.25, -0.2) is 0 Å². The number of carbonyl (C=O) groups is 2. The second kappa shape index (κ2) is 7.27. The molecule has 6 heteroatoms. The Labute approximate surface area is 153 Å². The summed E-state index contributed by atoms with van der Waals surface area (Å²) in [4.78, 5) is 25.9. The first-order valence-electron chi connectivity index (χ1n) is 9.57. The SMILES string of the molecule is NC(=O)[C@H]1CC[C@@H](C2CCN(C(=O)Cc3ccc4c(c3)CCO4)CC2)O1. The van der Waals surface area contributed by atoms with E-state index in [9.17, 15) is 9.59 Å². The molecule has 0 saturated carbocycles. The van der Waals surface area contributed by atoms with Crippen LogP contribution in [0.5, 0.6) is 5.75 Å². The van der Waals surface area contributed by atoms with E-state index < -0.39 is 6.10 Å². The van der Waals surface area contributed by atoms with Crippen molar-refractivity contribution in [2.75, 3.05) is 19.7 Å². The number of nitrogens with zero attached hydrogens (tertiary/aromatic N) is 1. The highest BCUT2D eigenvalue weighted by Crippen LogP contribution is 2.32. The Morgan fingerprint density at radius 1 is 1.15 bits per heavy atom. The Kier molecular flexibility index (Phi) is 4.85. The number of benzene rings is 1. The fourth-order valence-electron chi connectivity index (χ4n) is 4.38. The van der Waals surface area contributed by atoms with Crippen molar-refractivity contribution in [2.24, 2.45) is 11.7 Å². The van der Waals surface area contributed by atoms with E-state index in [0.29, 0.717) is 12.3 Å². The van der Waals surface area contributed by atoms with E-state index in [4.69, 9.17) is 15.2 Å². The minimum Gasteiger partial charge on any atom is -0.493 e. The van der Waals surface area contributed by atoms with E-state index in [0.717, 1.165) is 63.1 Å². The second-order valence-electron chi connectivity index (χ2n) is 7.58. The Hall–Kier alpha value is -2.08. The van der Waals surface area contributed by atoms with Crippen LogP contribution in [0, 0.1) is 5.92 Å². The van der Waals surface area contributed by atoms with Gasteiger partial charge in [0.15, 0.2) is 0 Å². The monoisotopic (exact) mass is 358 g/mol. The van der Waals surface area contributed by atoms with E-state index >= 15 is 0 Å². The van der Waals surface area contributed by atoms with Crippen LogP contribution < -0.4 is 10.5 Å². The fourth-order valence-corrected chi connectivity index (χ4v) is 4.38. The molecule has 3 aliphatic heterocycles. The van der Waals surface area contributed by atoms with Crippen LogP contribution in [-0.4, -0.2) is 48.6 Å². The number of ether oxygens (including phenoxy) is 2. The first-order chi connectivity index (χ1) is 12.6. The predicted octanol–water partition coefficient (Wildman–Crippen LogP) is 1.44. The number of carbonyl (C=O) groups excluding carboxylic acids is 2. The molecule has 2 atom stereocenters. The molecule has 26 heavy (non-hydrogen) atoms. The lowest BCUT2D eigenvalue weighted by Crippen LogP contribution is -2.42. The van der Waals surface area contributed by atoms with E-state index in [2.05, 4.69) is 6.07 Å². The molecule has 0 spiro atoms. The van der Waals surface area contributed by atoms with Crippen LogP contribution in [-0.2, 0) is 27.2 Å². The van der Waals surface area contributed by atoms with Crippen LogP contribution in [0.25, 0.3) is 0 Å². The van der Waals surface area contributed by atoms with Gasteiger partial charge in [-0.3, -0.25) is 9.59 Å². The molecule has 0 radical (unpaired) electrons. The maximum Gasteiger partial charge on any atom is 0.246 e. The van der Waals surface area contributed by atoms with Gasteiger partial charge in [0.1, 0.15) is 11.9 Å². The molecule has 1 aromatic rings. The molecule has 0 aliphatic carbocycles. The van der Waals surface area contributed by atoms with Crippen LogP contribution in [0.1, 0.15) is 36.8 Å². The molecule has 0 aromatic heterocycles. The van der Waals surface area contributed by atoms with E-state index in [1.807, 2.05) is 17.0 Å². The number of fused-ring (bicyclic) bond motifs is 1. The largest absolute Gasteiger partial charge is 0.493 e. The minimum absolute atomic E-state index is 0.112. The summed E-state index contributed by atoms with van der Waals surface area (Å²) in [5.41, 5.74) is 7.60. The normalized spacial score (nSPS) is 25.8. The third-order valence-corrected chi connectivity index (χ3v) is 5.90. The molecule has 0 bridgehead atoms. The minimum atomic E-state index is -0.427. The summed E-state index contributed by atoms with van der Waals surface area (Å²) in [6.07, 6.45) is 4.53. The number of amides is 2. The molecular formula is C20H26N2O4. The van der Waals surface area contributed by atoms with Crippen molar-refractivity contribution in [2.45, 2.75) is 50.7 Å². The molecule has 4 rings (SSSR count). The summed E-state index contributed by atoms with van der Waals surface area (Å²) < 4.78 is 11.3. The number of hydrogen-bond donors (Lipinski definition) is 1. The number of piperidine rings is 1. The Morgan fingerprint density at radius 3 is 2.69 bits per heavy atom. The van der Waals surface area contributed by atoms with Crippen molar-refractivity contribution in [1.29, 1.82) is 0 Å². The molecule has 2 saturated heterocycles. The smallest absolute Gasteiger partial charge is 0.246 e. The zero-order valence-electron chi connectivity index (χ0n) is 15.0. The topological polar surface area (TPSA) is 81.9 Å². The van der Waals surface area contributed by atoms with Gasteiger partial charge in [0.2, 0.25) is 11.8 Å². The molecule has 2 N–H and O–H groups in total. The fraction of sp³-hybridized carbons (Fsp3) is 0.600. The van der Waals surface area contributed by atoms with Gasteiger partial charge in [0.25, 0.3) is 0 Å². The number of likely N-dealkylation sites (tertiary alicyclic amines) is 1. The van der Waals surface area contributed by atoms with Crippen molar-refractivity contribution in [3.05, 3.63) is 29.3 Å². The van der Waals surface area contributed by atoms with Crippen molar-refractivity contribution >= 4 is 11.8 Å². The third kappa shape index (κ3) is 3.56. The van der Waals surface area contributed by atoms with Crippen molar-refractivity contribution in [1.82, 2.24) is 4.90 Å². The summed E-state index contributed by atoms with van der Waals surface area (Å²) in [6.45, 7) is 2.26. The highest BCUT2D eigenvalue weighted by molar-refractivity contribution is 5.79. The number of primary amides is 1. The maximum absolute atomic E-state index is 12.6. The quantitative estimate of drug-likeness (QED) is 0.883. The molecule has 2 fully saturated rings. The van der Waals surface area contributed by atoms with Gasteiger partial charge in [0.05, 0.1) is 19.1 Å². The van der Waals surface area contributed by atoms with E-state index in [-0.39, 0.29) is 17.9 Å². The lowest BCUT2D eigenvalue weighted by Gasteiger charge is -2.34. The molecule has 1 aromatic carbocycles. The molecule has 3 aliphatic rings. The molecule has 140 valence electrons. The zero-order chi connectivity index (χ0) is 18.1. The highest BCUT2D eigenvalue weighted by Gasteiger charge is 2.36. The van der Waals surface area contributed by atoms with Crippen LogP contribution in [0.2, 0.25) is 0 Å². The summed E-state index contributed by atoms with van der Waals surface area (Å²) in [5, 5.41) is 0. The second-order valence-corrected chi connectivity index (χ2v) is 7.58. The molecular weight excluding hydrogens is 332 g/mol. The van der Waals surface area contributed by atoms with Crippen molar-refractivity contribution < 1.29 is 19.1 Å². The van der Waals surface area contributed by atoms with Crippen LogP contribution in [0.3, 0.4) is 0 Å². The van der Waals surface area contributed by atoms with Gasteiger partial charge in [-0.1, -0.05) is 12.1 Å². The van der Waals surface area contributed by atoms with Crippen LogP contribution in [0.4, 0.5) is 0 Å². The first kappa shape index (κ1) is 17.3. The van der Waals surface area contributed by atoms with Crippen molar-refractivity contribution in [3.63, 3.8) is 0 Å². The summed E-state index contributed by atoms with van der Waals surface area (Å²) >= 11 is 0. The molecule has 3 heterocycles. The highest BCUT2D eigenvalue weighted by atomic mass is 16.5. The van der Waals surface area contributed by atoms with Gasteiger partial charge < -0.3 is 20.1 Å². The Balaban J connectivity index is 1.28. The predicted molar refractivity (Wildman–Crippen MR) is 95.7 cm³/mol. The van der Waals surface area contributed by atoms with Crippen molar-refractivity contribution in [3.8, 4) is 5.75 Å². The lowest BCUT2D eigenvalue weighted by molar-refractivity contribution is -0.133. The number of hydrogen-bond acceptors (Lipinski definition) is 4. The van der Waals surface area contributed by atoms with E-state index in [1.54, 1.807) is 0 Å². The lowest BCUT2D eigenvalue weighted by atomic mass is 9.89. The summed E-state index contributed by atoms with van der Waals surface area (Å²) in [6, 6.07) is 6.07. The van der Waals surface area contributed by atoms with Gasteiger partial charge in [-0.05, 0) is 48.8 Å². The zero-order valence-corrected chi connectivity index (χ0v) is 15.0. The van der Waals surface area contributed by atoms with Crippen LogP contribution >= 0.6 is 0 Å². The van der Waals surface area contributed by atoms with E-state index in [1.165, 1.54) is 5.56 Å². The van der Waals surface area contributed by atoms with Crippen LogP contribution in [0.15, 0.2) is 18.2 Å². The average molecular weight is 358 g/mol. The summed E-state index contributed by atoms with van der Waals surface area (Å²) in [5.74, 6) is 1.19. The Morgan fingerprint density at radius 2 is 1.96 bits per heavy atom. The summed E-state index contributed by atoms with van der Waals surface area (Å²) in [7, 11) is 0. The third-order valence-electron chi connectivity index (χ3n) is 5.90. The first-order valence-corrected chi connectivity index (χ1v) is 9.57. The Bertz CT molecular complexity index is 697. The number of nitrogens with two attached hydrogens (primary N) is 1. The standard InChI is InChI=1S/C20H26N2O4/c21-20(24)18-4-3-17(26-18)14-5-8-22(9-6-14)19(23)12-13-1-2-16-15(11-13)7-10-25-16/h1-2,11,14,17-18H,3-10,12H2,(H2,21,24)/t17-,18+/m0/s1. The van der Waals surface area contributed by atoms with Gasteiger partial charge >= 0.3 is 0 Å². The van der Waals surface area contributed by atoms with Gasteiger partial charge in [-0.2, -0.15) is 0 Å². The number of rotatable bonds is 4.